The van der Waals surface area contributed by atoms with Crippen molar-refractivity contribution in [3.63, 3.8) is 0 Å². The molecular weight excluding hydrogens is 344 g/mol. The number of hydrogen-bond acceptors (Lipinski definition) is 4. The molecule has 1 N–H and O–H groups in total. The van der Waals surface area contributed by atoms with Crippen LogP contribution in [0.2, 0.25) is 0 Å². The van der Waals surface area contributed by atoms with Crippen molar-refractivity contribution >= 4 is 30.2 Å². The van der Waals surface area contributed by atoms with E-state index in [0.717, 1.165) is 13.1 Å². The summed E-state index contributed by atoms with van der Waals surface area (Å²) < 4.78 is 5.40. The second kappa shape index (κ2) is 11.7. The number of ether oxygens (including phenoxy) is 1. The zero-order valence-corrected chi connectivity index (χ0v) is 16.2. The molecule has 0 radical (unpaired) electrons. The van der Waals surface area contributed by atoms with Gasteiger partial charge in [-0.05, 0) is 43.3 Å². The van der Waals surface area contributed by atoms with Crippen LogP contribution in [-0.4, -0.2) is 54.9 Å². The molecule has 0 fully saturated rings. The molecule has 0 spiro atoms. The van der Waals surface area contributed by atoms with Crippen molar-refractivity contribution in [1.82, 2.24) is 4.90 Å². The lowest BCUT2D eigenvalue weighted by molar-refractivity contribution is 0.0697. The van der Waals surface area contributed by atoms with Crippen molar-refractivity contribution < 1.29 is 19.4 Å². The van der Waals surface area contributed by atoms with Gasteiger partial charge in [-0.15, -0.1) is 12.4 Å². The second-order valence-electron chi connectivity index (χ2n) is 6.00. The number of benzene rings is 1. The summed E-state index contributed by atoms with van der Waals surface area (Å²) in [7, 11) is 0. The Hall–Kier alpha value is -1.79. The number of amides is 1. The fourth-order valence-corrected chi connectivity index (χ4v) is 2.31. The smallest absolute Gasteiger partial charge is 0.414 e. The molecular formula is C18H29ClN2O4. The lowest BCUT2D eigenvalue weighted by Crippen LogP contribution is -2.36. The Kier molecular flexibility index (Phi) is 10.9. The zero-order valence-electron chi connectivity index (χ0n) is 15.4. The molecule has 0 saturated heterocycles. The Morgan fingerprint density at radius 2 is 1.68 bits per heavy atom. The fraction of sp³-hybridized carbons (Fsp3) is 0.556. The first-order chi connectivity index (χ1) is 11.4. The molecule has 0 bridgehead atoms. The van der Waals surface area contributed by atoms with Gasteiger partial charge in [-0.1, -0.05) is 27.7 Å². The average molecular weight is 373 g/mol. The van der Waals surface area contributed by atoms with Crippen LogP contribution >= 0.6 is 12.4 Å². The Labute approximate surface area is 156 Å². The number of nitrogens with zero attached hydrogens (tertiary/aromatic N) is 2. The molecule has 25 heavy (non-hydrogen) atoms. The van der Waals surface area contributed by atoms with E-state index in [1.165, 1.54) is 12.1 Å². The Morgan fingerprint density at radius 3 is 2.12 bits per heavy atom. The molecule has 1 aromatic rings. The number of halogens is 1. The number of carboxylic acids is 1. The van der Waals surface area contributed by atoms with E-state index in [1.54, 1.807) is 17.0 Å². The highest BCUT2D eigenvalue weighted by atomic mass is 35.5. The molecule has 1 aromatic carbocycles. The quantitative estimate of drug-likeness (QED) is 0.714. The summed E-state index contributed by atoms with van der Waals surface area (Å²) in [5.74, 6) is -0.724. The molecule has 7 heteroatoms. The van der Waals surface area contributed by atoms with Crippen LogP contribution in [0, 0.1) is 5.92 Å². The Morgan fingerprint density at radius 1 is 1.12 bits per heavy atom. The van der Waals surface area contributed by atoms with E-state index in [-0.39, 0.29) is 23.9 Å². The monoisotopic (exact) mass is 372 g/mol. The van der Waals surface area contributed by atoms with Crippen LogP contribution in [-0.2, 0) is 4.74 Å². The molecule has 0 unspecified atom stereocenters. The van der Waals surface area contributed by atoms with E-state index in [2.05, 4.69) is 18.7 Å². The maximum Gasteiger partial charge on any atom is 0.414 e. The normalized spacial score (nSPS) is 10.5. The summed E-state index contributed by atoms with van der Waals surface area (Å²) in [6, 6.07) is 6.26. The van der Waals surface area contributed by atoms with E-state index in [1.807, 2.05) is 13.8 Å². The fourth-order valence-electron chi connectivity index (χ4n) is 2.31. The van der Waals surface area contributed by atoms with Gasteiger partial charge in [-0.2, -0.15) is 0 Å². The molecule has 0 aliphatic heterocycles. The standard InChI is InChI=1S/C18H28N2O4.ClH/c1-5-19(6-2)11-12-24-18(23)20(13-14(3)4)16-9-7-15(8-10-16)17(21)22;/h7-10,14H,5-6,11-13H2,1-4H3,(H,21,22);1H. The molecule has 0 heterocycles. The summed E-state index contributed by atoms with van der Waals surface area (Å²) in [4.78, 5) is 27.1. The van der Waals surface area contributed by atoms with E-state index in [9.17, 15) is 9.59 Å². The van der Waals surface area contributed by atoms with Crippen LogP contribution in [0.4, 0.5) is 10.5 Å². The number of carbonyl (C=O) groups excluding carboxylic acids is 1. The summed E-state index contributed by atoms with van der Waals surface area (Å²) in [6.07, 6.45) is -0.404. The maximum absolute atomic E-state index is 12.4. The van der Waals surface area contributed by atoms with Gasteiger partial charge in [0.05, 0.1) is 5.56 Å². The third kappa shape index (κ3) is 7.75. The van der Waals surface area contributed by atoms with Gasteiger partial charge < -0.3 is 14.7 Å². The zero-order chi connectivity index (χ0) is 18.1. The van der Waals surface area contributed by atoms with Crippen LogP contribution < -0.4 is 4.90 Å². The minimum atomic E-state index is -0.987. The van der Waals surface area contributed by atoms with Gasteiger partial charge in [-0.3, -0.25) is 4.90 Å². The highest BCUT2D eigenvalue weighted by molar-refractivity contribution is 5.90. The van der Waals surface area contributed by atoms with Crippen molar-refractivity contribution in [3.8, 4) is 0 Å². The second-order valence-corrected chi connectivity index (χ2v) is 6.00. The number of carbonyl (C=O) groups is 2. The lowest BCUT2D eigenvalue weighted by atomic mass is 10.1. The van der Waals surface area contributed by atoms with Gasteiger partial charge in [0.1, 0.15) is 6.61 Å². The van der Waals surface area contributed by atoms with E-state index in [0.29, 0.717) is 25.4 Å². The van der Waals surface area contributed by atoms with Gasteiger partial charge in [-0.25, -0.2) is 9.59 Å². The number of hydrogen-bond donors (Lipinski definition) is 1. The first kappa shape index (κ1) is 23.2. The topological polar surface area (TPSA) is 70.1 Å². The molecule has 1 amide bonds. The van der Waals surface area contributed by atoms with Crippen molar-refractivity contribution in [1.29, 1.82) is 0 Å². The summed E-state index contributed by atoms with van der Waals surface area (Å²) in [6.45, 7) is 11.6. The van der Waals surface area contributed by atoms with Crippen molar-refractivity contribution in [2.24, 2.45) is 5.92 Å². The molecule has 0 saturated carbocycles. The molecule has 0 atom stereocenters. The minimum absolute atomic E-state index is 0. The number of aromatic carboxylic acids is 1. The van der Waals surface area contributed by atoms with Crippen molar-refractivity contribution in [3.05, 3.63) is 29.8 Å². The Balaban J connectivity index is 0.00000576. The molecule has 0 aliphatic rings. The van der Waals surface area contributed by atoms with Crippen molar-refractivity contribution in [2.75, 3.05) is 37.7 Å². The number of likely N-dealkylation sites (N-methyl/N-ethyl adjacent to an activating group) is 1. The highest BCUT2D eigenvalue weighted by Gasteiger charge is 2.19. The van der Waals surface area contributed by atoms with Crippen LogP contribution in [0.1, 0.15) is 38.1 Å². The third-order valence-corrected chi connectivity index (χ3v) is 3.72. The van der Waals surface area contributed by atoms with E-state index < -0.39 is 12.1 Å². The highest BCUT2D eigenvalue weighted by Crippen LogP contribution is 2.18. The van der Waals surface area contributed by atoms with Crippen LogP contribution in [0.15, 0.2) is 24.3 Å². The van der Waals surface area contributed by atoms with E-state index in [4.69, 9.17) is 9.84 Å². The first-order valence-corrected chi connectivity index (χ1v) is 8.39. The molecule has 0 aromatic heterocycles. The lowest BCUT2D eigenvalue weighted by Gasteiger charge is -2.25. The molecule has 0 aliphatic carbocycles. The third-order valence-electron chi connectivity index (χ3n) is 3.72. The van der Waals surface area contributed by atoms with Crippen LogP contribution in [0.25, 0.3) is 0 Å². The van der Waals surface area contributed by atoms with E-state index >= 15 is 0 Å². The van der Waals surface area contributed by atoms with Crippen LogP contribution in [0.5, 0.6) is 0 Å². The molecule has 1 rings (SSSR count). The summed E-state index contributed by atoms with van der Waals surface area (Å²) >= 11 is 0. The molecule has 142 valence electrons. The van der Waals surface area contributed by atoms with Crippen molar-refractivity contribution in [2.45, 2.75) is 27.7 Å². The first-order valence-electron chi connectivity index (χ1n) is 8.39. The summed E-state index contributed by atoms with van der Waals surface area (Å²) in [5.41, 5.74) is 0.833. The number of carboxylic acid groups (broad SMARTS) is 1. The van der Waals surface area contributed by atoms with Gasteiger partial charge in [0.25, 0.3) is 0 Å². The van der Waals surface area contributed by atoms with Gasteiger partial charge in [0.15, 0.2) is 0 Å². The predicted octanol–water partition coefficient (Wildman–Crippen LogP) is 3.75. The predicted molar refractivity (Wildman–Crippen MR) is 102 cm³/mol. The summed E-state index contributed by atoms with van der Waals surface area (Å²) in [5, 5.41) is 8.97. The minimum Gasteiger partial charge on any atom is -0.478 e. The van der Waals surface area contributed by atoms with Gasteiger partial charge >= 0.3 is 12.1 Å². The van der Waals surface area contributed by atoms with Gasteiger partial charge in [0.2, 0.25) is 0 Å². The maximum atomic E-state index is 12.4. The molecule has 6 nitrogen and oxygen atoms in total. The largest absolute Gasteiger partial charge is 0.478 e. The Bertz CT molecular complexity index is 530. The van der Waals surface area contributed by atoms with Crippen LogP contribution in [0.3, 0.4) is 0 Å². The number of anilines is 1. The average Bonchev–Trinajstić information content (AvgIpc) is 2.56. The van der Waals surface area contributed by atoms with Gasteiger partial charge in [0, 0.05) is 18.8 Å². The SMILES string of the molecule is CCN(CC)CCOC(=O)N(CC(C)C)c1ccc(C(=O)O)cc1.Cl. The number of rotatable bonds is 9.